The molecule has 3 aromatic rings. The maximum absolute atomic E-state index is 13.2. The quantitative estimate of drug-likeness (QED) is 0.676. The van der Waals surface area contributed by atoms with Gasteiger partial charge >= 0.3 is 0 Å². The van der Waals surface area contributed by atoms with E-state index >= 15 is 0 Å². The van der Waals surface area contributed by atoms with E-state index in [-0.39, 0.29) is 5.56 Å². The smallest absolute Gasteiger partial charge is 0.263 e. The van der Waals surface area contributed by atoms with Crippen LogP contribution in [0.4, 0.5) is 0 Å². The Labute approximate surface area is 164 Å². The van der Waals surface area contributed by atoms with Crippen molar-refractivity contribution in [3.8, 4) is 11.1 Å². The summed E-state index contributed by atoms with van der Waals surface area (Å²) in [5.74, 6) is -0.00393. The molecule has 0 bridgehead atoms. The molecule has 1 unspecified atom stereocenters. The second-order valence-corrected chi connectivity index (χ2v) is 7.66. The van der Waals surface area contributed by atoms with Crippen LogP contribution >= 0.6 is 34.5 Å². The van der Waals surface area contributed by atoms with E-state index < -0.39 is 11.9 Å². The van der Waals surface area contributed by atoms with Crippen LogP contribution in [0.2, 0.25) is 10.0 Å². The normalized spacial score (nSPS) is 12.5. The van der Waals surface area contributed by atoms with Crippen molar-refractivity contribution in [3.05, 3.63) is 49.8 Å². The molecule has 0 spiro atoms. The molecule has 1 atom stereocenters. The van der Waals surface area contributed by atoms with E-state index in [1.54, 1.807) is 25.1 Å². The van der Waals surface area contributed by atoms with Crippen LogP contribution in [0.5, 0.6) is 0 Å². The predicted octanol–water partition coefficient (Wildman–Crippen LogP) is 4.43. The molecule has 2 aromatic heterocycles. The Morgan fingerprint density at radius 2 is 2.08 bits per heavy atom. The van der Waals surface area contributed by atoms with Crippen LogP contribution < -0.4 is 11.3 Å². The maximum Gasteiger partial charge on any atom is 0.263 e. The van der Waals surface area contributed by atoms with Crippen LogP contribution in [0.15, 0.2) is 28.4 Å². The zero-order valence-electron chi connectivity index (χ0n) is 14.3. The first-order valence-electron chi connectivity index (χ1n) is 8.12. The van der Waals surface area contributed by atoms with Crippen LogP contribution in [-0.2, 0) is 11.2 Å². The van der Waals surface area contributed by atoms with Crippen molar-refractivity contribution in [3.63, 3.8) is 0 Å². The van der Waals surface area contributed by atoms with E-state index in [1.165, 1.54) is 15.9 Å². The first-order valence-corrected chi connectivity index (χ1v) is 9.76. The van der Waals surface area contributed by atoms with Gasteiger partial charge in [0.25, 0.3) is 5.56 Å². The van der Waals surface area contributed by atoms with E-state index in [0.29, 0.717) is 32.5 Å². The van der Waals surface area contributed by atoms with Gasteiger partial charge in [-0.05, 0) is 31.0 Å². The van der Waals surface area contributed by atoms with Crippen LogP contribution in [0, 0.1) is 0 Å². The highest BCUT2D eigenvalue weighted by Crippen LogP contribution is 2.34. The molecule has 2 heterocycles. The minimum Gasteiger partial charge on any atom is -0.368 e. The largest absolute Gasteiger partial charge is 0.368 e. The fourth-order valence-corrected chi connectivity index (χ4v) is 4.10. The van der Waals surface area contributed by atoms with E-state index in [2.05, 4.69) is 4.98 Å². The fraction of sp³-hybridized carbons (Fsp3) is 0.278. The number of hydrogen-bond acceptors (Lipinski definition) is 4. The molecule has 2 N–H and O–H groups in total. The Morgan fingerprint density at radius 1 is 1.35 bits per heavy atom. The monoisotopic (exact) mass is 409 g/mol. The Balaban J connectivity index is 2.32. The number of aryl methyl sites for hydroxylation is 1. The minimum atomic E-state index is -0.775. The number of fused-ring (bicyclic) bond motifs is 1. The van der Waals surface area contributed by atoms with Crippen molar-refractivity contribution >= 4 is 50.7 Å². The standard InChI is InChI=1S/C18H17Cl2N3O2S/c1-3-4-14-22-17-15(18(25)23(14)9(2)16(21)24)11(8-26-17)10-5-6-12(19)13(20)7-10/h5-9H,3-4H2,1-2H3,(H2,21,24). The number of carbonyl (C=O) groups is 1. The summed E-state index contributed by atoms with van der Waals surface area (Å²) in [6.45, 7) is 3.60. The number of halogens is 2. The Kier molecular flexibility index (Phi) is 5.37. The lowest BCUT2D eigenvalue weighted by Crippen LogP contribution is -2.35. The number of thiophene rings is 1. The van der Waals surface area contributed by atoms with Gasteiger partial charge in [0.05, 0.1) is 15.4 Å². The van der Waals surface area contributed by atoms with Crippen LogP contribution in [-0.4, -0.2) is 15.5 Å². The molecule has 0 radical (unpaired) electrons. The highest BCUT2D eigenvalue weighted by atomic mass is 35.5. The SMILES string of the molecule is CCCc1nc2scc(-c3ccc(Cl)c(Cl)c3)c2c(=O)n1C(C)C(N)=O. The molecule has 136 valence electrons. The molecule has 8 heteroatoms. The Morgan fingerprint density at radius 3 is 2.69 bits per heavy atom. The molecule has 0 aliphatic rings. The number of rotatable bonds is 5. The van der Waals surface area contributed by atoms with Gasteiger partial charge in [0, 0.05) is 17.4 Å². The second kappa shape index (κ2) is 7.39. The molecule has 5 nitrogen and oxygen atoms in total. The van der Waals surface area contributed by atoms with Gasteiger partial charge in [-0.15, -0.1) is 11.3 Å². The van der Waals surface area contributed by atoms with Gasteiger partial charge in [0.15, 0.2) is 0 Å². The minimum absolute atomic E-state index is 0.271. The number of primary amides is 1. The zero-order valence-corrected chi connectivity index (χ0v) is 16.6. The summed E-state index contributed by atoms with van der Waals surface area (Å²) in [7, 11) is 0. The van der Waals surface area contributed by atoms with Gasteiger partial charge < -0.3 is 5.73 Å². The lowest BCUT2D eigenvalue weighted by Gasteiger charge is -2.16. The van der Waals surface area contributed by atoms with Crippen molar-refractivity contribution in [2.45, 2.75) is 32.7 Å². The summed E-state index contributed by atoms with van der Waals surface area (Å²) in [6.07, 6.45) is 1.39. The lowest BCUT2D eigenvalue weighted by molar-refractivity contribution is -0.120. The fourth-order valence-electron chi connectivity index (χ4n) is 2.85. The Hall–Kier alpha value is -1.89. The molecular weight excluding hydrogens is 393 g/mol. The first kappa shape index (κ1) is 18.9. The van der Waals surface area contributed by atoms with Crippen LogP contribution in [0.25, 0.3) is 21.3 Å². The average molecular weight is 410 g/mol. The van der Waals surface area contributed by atoms with Gasteiger partial charge in [0.2, 0.25) is 5.91 Å². The second-order valence-electron chi connectivity index (χ2n) is 5.99. The summed E-state index contributed by atoms with van der Waals surface area (Å²) >= 11 is 13.5. The van der Waals surface area contributed by atoms with Gasteiger partial charge in [0.1, 0.15) is 16.7 Å². The van der Waals surface area contributed by atoms with Crippen molar-refractivity contribution in [1.82, 2.24) is 9.55 Å². The summed E-state index contributed by atoms with van der Waals surface area (Å²) < 4.78 is 1.40. The molecule has 0 saturated heterocycles. The molecule has 26 heavy (non-hydrogen) atoms. The zero-order chi connectivity index (χ0) is 19.0. The third kappa shape index (κ3) is 3.24. The number of hydrogen-bond donors (Lipinski definition) is 1. The van der Waals surface area contributed by atoms with Crippen molar-refractivity contribution < 1.29 is 4.79 Å². The number of aromatic nitrogens is 2. The maximum atomic E-state index is 13.2. The molecule has 0 fully saturated rings. The molecular formula is C18H17Cl2N3O2S. The summed E-state index contributed by atoms with van der Waals surface area (Å²) in [5, 5.41) is 3.18. The summed E-state index contributed by atoms with van der Waals surface area (Å²) in [4.78, 5) is 30.2. The number of amides is 1. The summed E-state index contributed by atoms with van der Waals surface area (Å²) in [5.41, 5.74) is 6.67. The van der Waals surface area contributed by atoms with Gasteiger partial charge in [-0.1, -0.05) is 36.2 Å². The third-order valence-electron chi connectivity index (χ3n) is 4.22. The van der Waals surface area contributed by atoms with E-state index in [1.807, 2.05) is 12.3 Å². The van der Waals surface area contributed by atoms with E-state index in [0.717, 1.165) is 17.5 Å². The molecule has 1 aromatic carbocycles. The highest BCUT2D eigenvalue weighted by molar-refractivity contribution is 7.17. The third-order valence-corrected chi connectivity index (χ3v) is 5.83. The number of nitrogens with two attached hydrogens (primary N) is 1. The molecule has 0 aliphatic carbocycles. The van der Waals surface area contributed by atoms with Gasteiger partial charge in [-0.2, -0.15) is 0 Å². The van der Waals surface area contributed by atoms with Crippen LogP contribution in [0.1, 0.15) is 32.1 Å². The van der Waals surface area contributed by atoms with Gasteiger partial charge in [-0.25, -0.2) is 4.98 Å². The highest BCUT2D eigenvalue weighted by Gasteiger charge is 2.22. The average Bonchev–Trinajstić information content (AvgIpc) is 3.01. The van der Waals surface area contributed by atoms with E-state index in [4.69, 9.17) is 28.9 Å². The number of nitrogens with zero attached hydrogens (tertiary/aromatic N) is 2. The topological polar surface area (TPSA) is 78.0 Å². The number of benzene rings is 1. The van der Waals surface area contributed by atoms with Crippen molar-refractivity contribution in [1.29, 1.82) is 0 Å². The van der Waals surface area contributed by atoms with Crippen molar-refractivity contribution in [2.24, 2.45) is 5.73 Å². The number of carbonyl (C=O) groups excluding carboxylic acids is 1. The Bertz CT molecular complexity index is 1060. The molecule has 0 saturated carbocycles. The predicted molar refractivity (Wildman–Crippen MR) is 107 cm³/mol. The first-order chi connectivity index (χ1) is 12.3. The molecule has 3 rings (SSSR count). The molecule has 0 aliphatic heterocycles. The molecule has 1 amide bonds. The van der Waals surface area contributed by atoms with Crippen molar-refractivity contribution in [2.75, 3.05) is 0 Å². The lowest BCUT2D eigenvalue weighted by atomic mass is 10.1. The summed E-state index contributed by atoms with van der Waals surface area (Å²) in [6, 6.07) is 4.43. The van der Waals surface area contributed by atoms with Gasteiger partial charge in [-0.3, -0.25) is 14.2 Å². The van der Waals surface area contributed by atoms with E-state index in [9.17, 15) is 9.59 Å². The van der Waals surface area contributed by atoms with Crippen LogP contribution in [0.3, 0.4) is 0 Å².